The van der Waals surface area contributed by atoms with E-state index in [0.717, 1.165) is 24.2 Å². The molecule has 18 heavy (non-hydrogen) atoms. The Hall–Kier alpha value is -0.430. The summed E-state index contributed by atoms with van der Waals surface area (Å²) in [5, 5.41) is 0. The minimum absolute atomic E-state index is 0.0964. The summed E-state index contributed by atoms with van der Waals surface area (Å²) in [6, 6.07) is 2.53. The van der Waals surface area contributed by atoms with Crippen molar-refractivity contribution in [2.75, 3.05) is 6.54 Å². The first kappa shape index (κ1) is 14.0. The van der Waals surface area contributed by atoms with Gasteiger partial charge in [0.2, 0.25) is 0 Å². The minimum atomic E-state index is -3.59. The number of sulfonamides is 1. The van der Waals surface area contributed by atoms with Gasteiger partial charge in [-0.1, -0.05) is 18.0 Å². The molecule has 0 aliphatic carbocycles. The number of hydrogen-bond donors (Lipinski definition) is 0. The van der Waals surface area contributed by atoms with Gasteiger partial charge >= 0.3 is 0 Å². The van der Waals surface area contributed by atoms with Crippen molar-refractivity contribution in [3.05, 3.63) is 16.5 Å². The Morgan fingerprint density at radius 2 is 2.17 bits per heavy atom. The van der Waals surface area contributed by atoms with E-state index in [2.05, 4.69) is 0 Å². The van der Waals surface area contributed by atoms with Crippen LogP contribution < -0.4 is 0 Å². The van der Waals surface area contributed by atoms with Crippen molar-refractivity contribution in [1.82, 2.24) is 4.31 Å². The third-order valence-electron chi connectivity index (χ3n) is 3.03. The maximum absolute atomic E-state index is 12.4. The van der Waals surface area contributed by atoms with E-state index in [-0.39, 0.29) is 9.99 Å². The van der Waals surface area contributed by atoms with Gasteiger partial charge in [0.05, 0.1) is 10.4 Å². The summed E-state index contributed by atoms with van der Waals surface area (Å²) in [6.45, 7) is 1.85. The number of nitrogens with zero attached hydrogens (tertiary/aromatic N) is 1. The van der Waals surface area contributed by atoms with Crippen LogP contribution in [0.15, 0.2) is 16.3 Å². The molecule has 100 valence electrons. The second-order valence-electron chi connectivity index (χ2n) is 4.30. The Balaban J connectivity index is 2.36. The van der Waals surface area contributed by atoms with Crippen LogP contribution in [0.5, 0.6) is 0 Å². The van der Waals surface area contributed by atoms with Crippen LogP contribution in [0, 0.1) is 0 Å². The first-order valence-corrected chi connectivity index (χ1v) is 8.34. The molecule has 0 radical (unpaired) electrons. The highest BCUT2D eigenvalue weighted by Gasteiger charge is 2.36. The zero-order chi connectivity index (χ0) is 13.3. The fraction of sp³-hybridized carbons (Fsp3) is 0.545. The lowest BCUT2D eigenvalue weighted by Gasteiger charge is -2.32. The molecule has 1 aromatic heterocycles. The number of ketones is 1. The molecule has 1 unspecified atom stereocenters. The number of halogens is 1. The summed E-state index contributed by atoms with van der Waals surface area (Å²) >= 11 is 6.80. The molecule has 1 fully saturated rings. The van der Waals surface area contributed by atoms with Gasteiger partial charge < -0.3 is 0 Å². The Bertz CT molecular complexity index is 552. The Morgan fingerprint density at radius 1 is 1.44 bits per heavy atom. The topological polar surface area (TPSA) is 54.5 Å². The maximum atomic E-state index is 12.4. The first-order chi connectivity index (χ1) is 8.43. The van der Waals surface area contributed by atoms with Gasteiger partial charge in [0.25, 0.3) is 10.0 Å². The van der Waals surface area contributed by atoms with E-state index >= 15 is 0 Å². The van der Waals surface area contributed by atoms with E-state index in [1.165, 1.54) is 17.3 Å². The van der Waals surface area contributed by atoms with Crippen molar-refractivity contribution in [2.45, 2.75) is 36.4 Å². The summed E-state index contributed by atoms with van der Waals surface area (Å²) in [7, 11) is -3.59. The predicted molar refractivity (Wildman–Crippen MR) is 71.5 cm³/mol. The summed E-state index contributed by atoms with van der Waals surface area (Å²) < 4.78 is 26.8. The van der Waals surface area contributed by atoms with Gasteiger partial charge in [0.1, 0.15) is 9.99 Å². The molecule has 1 aliphatic heterocycles. The van der Waals surface area contributed by atoms with E-state index in [0.29, 0.717) is 17.3 Å². The molecular formula is C11H14ClNO3S2. The van der Waals surface area contributed by atoms with Crippen LogP contribution in [-0.2, 0) is 14.8 Å². The number of carbonyl (C=O) groups is 1. The Labute approximate surface area is 116 Å². The lowest BCUT2D eigenvalue weighted by atomic mass is 10.0. The molecule has 0 N–H and O–H groups in total. The molecule has 4 nitrogen and oxygen atoms in total. The van der Waals surface area contributed by atoms with Gasteiger partial charge in [0, 0.05) is 6.54 Å². The van der Waals surface area contributed by atoms with E-state index in [9.17, 15) is 13.2 Å². The summed E-state index contributed by atoms with van der Waals surface area (Å²) in [5.74, 6) is -0.0964. The van der Waals surface area contributed by atoms with Crippen molar-refractivity contribution < 1.29 is 13.2 Å². The van der Waals surface area contributed by atoms with E-state index < -0.39 is 16.1 Å². The third-order valence-corrected chi connectivity index (χ3v) is 6.64. The first-order valence-electron chi connectivity index (χ1n) is 5.70. The quantitative estimate of drug-likeness (QED) is 0.862. The molecule has 1 aromatic rings. The van der Waals surface area contributed by atoms with Crippen molar-refractivity contribution >= 4 is 38.7 Å². The van der Waals surface area contributed by atoms with E-state index in [1.54, 1.807) is 6.07 Å². The van der Waals surface area contributed by atoms with E-state index in [4.69, 9.17) is 11.6 Å². The molecule has 2 rings (SSSR count). The van der Waals surface area contributed by atoms with Gasteiger partial charge in [-0.05, 0) is 31.9 Å². The lowest BCUT2D eigenvalue weighted by Crippen LogP contribution is -2.46. The van der Waals surface area contributed by atoms with Crippen LogP contribution in [0.2, 0.25) is 4.34 Å². The zero-order valence-electron chi connectivity index (χ0n) is 9.93. The highest BCUT2D eigenvalue weighted by atomic mass is 35.5. The number of rotatable bonds is 3. The predicted octanol–water partition coefficient (Wildman–Crippen LogP) is 2.53. The molecule has 0 amide bonds. The van der Waals surface area contributed by atoms with Gasteiger partial charge in [-0.25, -0.2) is 8.42 Å². The summed E-state index contributed by atoms with van der Waals surface area (Å²) in [6.07, 6.45) is 2.29. The largest absolute Gasteiger partial charge is 0.298 e. The SMILES string of the molecule is CC(=O)C1CCCCN1S(=O)(=O)c1ccc(Cl)s1. The lowest BCUT2D eigenvalue weighted by molar-refractivity contribution is -0.121. The van der Waals surface area contributed by atoms with Crippen LogP contribution in [0.4, 0.5) is 0 Å². The number of piperidine rings is 1. The monoisotopic (exact) mass is 307 g/mol. The summed E-state index contributed by atoms with van der Waals surface area (Å²) in [5.41, 5.74) is 0. The second-order valence-corrected chi connectivity index (χ2v) is 8.13. The number of Topliss-reactive ketones (excluding diaryl/α,β-unsaturated/α-hetero) is 1. The Morgan fingerprint density at radius 3 is 2.72 bits per heavy atom. The van der Waals surface area contributed by atoms with Crippen LogP contribution in [-0.4, -0.2) is 31.1 Å². The second kappa shape index (κ2) is 5.28. The van der Waals surface area contributed by atoms with Gasteiger partial charge in [-0.15, -0.1) is 11.3 Å². The number of thiophene rings is 1. The molecule has 1 aliphatic rings. The zero-order valence-corrected chi connectivity index (χ0v) is 12.3. The van der Waals surface area contributed by atoms with E-state index in [1.807, 2.05) is 0 Å². The van der Waals surface area contributed by atoms with Crippen LogP contribution in [0.3, 0.4) is 0 Å². The van der Waals surface area contributed by atoms with Crippen molar-refractivity contribution in [1.29, 1.82) is 0 Å². The fourth-order valence-electron chi connectivity index (χ4n) is 2.15. The number of hydrogen-bond acceptors (Lipinski definition) is 4. The van der Waals surface area contributed by atoms with Crippen LogP contribution in [0.25, 0.3) is 0 Å². The minimum Gasteiger partial charge on any atom is -0.298 e. The molecule has 0 aromatic carbocycles. The highest BCUT2D eigenvalue weighted by molar-refractivity contribution is 7.91. The van der Waals surface area contributed by atoms with Crippen molar-refractivity contribution in [3.8, 4) is 0 Å². The van der Waals surface area contributed by atoms with Crippen molar-refractivity contribution in [2.24, 2.45) is 0 Å². The average molecular weight is 308 g/mol. The average Bonchev–Trinajstić information content (AvgIpc) is 2.76. The molecular weight excluding hydrogens is 294 g/mol. The molecule has 0 bridgehead atoms. The summed E-state index contributed by atoms with van der Waals surface area (Å²) in [4.78, 5) is 11.6. The number of carbonyl (C=O) groups excluding carboxylic acids is 1. The molecule has 1 atom stereocenters. The van der Waals surface area contributed by atoms with Gasteiger partial charge in [0.15, 0.2) is 0 Å². The molecule has 0 saturated carbocycles. The highest BCUT2D eigenvalue weighted by Crippen LogP contribution is 2.31. The molecule has 1 saturated heterocycles. The molecule has 7 heteroatoms. The Kier molecular flexibility index (Phi) is 4.11. The third kappa shape index (κ3) is 2.61. The van der Waals surface area contributed by atoms with Crippen LogP contribution >= 0.6 is 22.9 Å². The van der Waals surface area contributed by atoms with Crippen LogP contribution in [0.1, 0.15) is 26.2 Å². The van der Waals surface area contributed by atoms with Gasteiger partial charge in [-0.2, -0.15) is 4.31 Å². The maximum Gasteiger partial charge on any atom is 0.253 e. The van der Waals surface area contributed by atoms with Crippen molar-refractivity contribution in [3.63, 3.8) is 0 Å². The normalized spacial score (nSPS) is 22.0. The molecule has 2 heterocycles. The smallest absolute Gasteiger partial charge is 0.253 e. The van der Waals surface area contributed by atoms with Gasteiger partial charge in [-0.3, -0.25) is 4.79 Å². The standard InChI is InChI=1S/C11H14ClNO3S2/c1-8(14)9-4-2-3-7-13(9)18(15,16)11-6-5-10(12)17-11/h5-6,9H,2-4,7H2,1H3. The molecule has 0 spiro atoms. The fourth-order valence-corrected chi connectivity index (χ4v) is 5.47.